The first-order valence-electron chi connectivity index (χ1n) is 5.10. The Hall–Kier alpha value is -0.720. The van der Waals surface area contributed by atoms with E-state index in [0.717, 1.165) is 11.3 Å². The Morgan fingerprint density at radius 2 is 1.23 bits per heavy atom. The minimum Gasteiger partial charge on any atom is -0.388 e. The molecule has 0 aromatic heterocycles. The van der Waals surface area contributed by atoms with Crippen molar-refractivity contribution in [3.8, 4) is 0 Å². The summed E-state index contributed by atoms with van der Waals surface area (Å²) in [5, 5.41) is 3.08. The van der Waals surface area contributed by atoms with E-state index in [2.05, 4.69) is 25.7 Å². The molecule has 0 heterocycles. The molecule has 0 aromatic rings. The lowest BCUT2D eigenvalue weighted by Gasteiger charge is -2.07. The third kappa shape index (κ3) is 11.3. The minimum atomic E-state index is 1.09. The molecule has 1 nitrogen and oxygen atoms in total. The summed E-state index contributed by atoms with van der Waals surface area (Å²) in [6.07, 6.45) is 0. The van der Waals surface area contributed by atoms with Crippen LogP contribution in [-0.2, 0) is 0 Å². The molecule has 0 rings (SSSR count). The molecule has 0 atom stereocenters. The van der Waals surface area contributed by atoms with Crippen LogP contribution in [0.1, 0.15) is 48.5 Å². The van der Waals surface area contributed by atoms with Gasteiger partial charge in [-0.25, -0.2) is 0 Å². The second kappa shape index (κ2) is 13.8. The van der Waals surface area contributed by atoms with E-state index < -0.39 is 0 Å². The number of hydrogen-bond acceptors (Lipinski definition) is 1. The summed E-state index contributed by atoms with van der Waals surface area (Å²) < 4.78 is 0. The summed E-state index contributed by atoms with van der Waals surface area (Å²) in [7, 11) is 1.91. The molecule has 13 heavy (non-hydrogen) atoms. The van der Waals surface area contributed by atoms with Crippen molar-refractivity contribution >= 4 is 0 Å². The predicted octanol–water partition coefficient (Wildman–Crippen LogP) is 4.13. The molecule has 80 valence electrons. The van der Waals surface area contributed by atoms with Crippen LogP contribution in [0.15, 0.2) is 23.4 Å². The first-order chi connectivity index (χ1) is 6.09. The van der Waals surface area contributed by atoms with E-state index in [-0.39, 0.29) is 0 Å². The largest absolute Gasteiger partial charge is 0.388 e. The fourth-order valence-corrected chi connectivity index (χ4v) is 0.890. The standard InChI is InChI=1S/C8H15N.2C2H6/c1-6(2)8(9-5)7(3)4;2*1-2/h9H,1H2,2-5H3;2*1-2H3. The molecular weight excluding hydrogens is 158 g/mol. The van der Waals surface area contributed by atoms with E-state index >= 15 is 0 Å². The highest BCUT2D eigenvalue weighted by Crippen LogP contribution is 2.06. The van der Waals surface area contributed by atoms with Gasteiger partial charge in [0, 0.05) is 12.7 Å². The van der Waals surface area contributed by atoms with Crippen molar-refractivity contribution in [2.75, 3.05) is 7.05 Å². The number of rotatable bonds is 2. The third-order valence-electron chi connectivity index (χ3n) is 1.18. The molecule has 0 saturated carbocycles. The van der Waals surface area contributed by atoms with Crippen LogP contribution in [0.5, 0.6) is 0 Å². The van der Waals surface area contributed by atoms with Crippen molar-refractivity contribution in [1.82, 2.24) is 5.32 Å². The van der Waals surface area contributed by atoms with Gasteiger partial charge in [0.15, 0.2) is 0 Å². The molecule has 0 aromatic carbocycles. The lowest BCUT2D eigenvalue weighted by atomic mass is 10.1. The molecule has 1 heteroatoms. The van der Waals surface area contributed by atoms with Gasteiger partial charge < -0.3 is 5.32 Å². The summed E-state index contributed by atoms with van der Waals surface area (Å²) >= 11 is 0. The van der Waals surface area contributed by atoms with Crippen LogP contribution in [0, 0.1) is 0 Å². The molecule has 0 radical (unpaired) electrons. The third-order valence-corrected chi connectivity index (χ3v) is 1.18. The molecule has 0 aliphatic carbocycles. The first-order valence-corrected chi connectivity index (χ1v) is 5.10. The fourth-order valence-electron chi connectivity index (χ4n) is 0.890. The maximum atomic E-state index is 3.83. The molecule has 1 N–H and O–H groups in total. The highest BCUT2D eigenvalue weighted by atomic mass is 14.8. The molecule has 0 fully saturated rings. The smallest absolute Gasteiger partial charge is 0.0347 e. The van der Waals surface area contributed by atoms with Gasteiger partial charge in [0.25, 0.3) is 0 Å². The lowest BCUT2D eigenvalue weighted by molar-refractivity contribution is 0.969. The quantitative estimate of drug-likeness (QED) is 0.638. The van der Waals surface area contributed by atoms with Crippen molar-refractivity contribution in [2.24, 2.45) is 0 Å². The summed E-state index contributed by atoms with van der Waals surface area (Å²) in [5.41, 5.74) is 3.54. The summed E-state index contributed by atoms with van der Waals surface area (Å²) in [4.78, 5) is 0. The molecular formula is C12H27N. The molecule has 0 aliphatic rings. The van der Waals surface area contributed by atoms with Crippen molar-refractivity contribution in [3.05, 3.63) is 23.4 Å². The average molecular weight is 185 g/mol. The van der Waals surface area contributed by atoms with Crippen molar-refractivity contribution in [1.29, 1.82) is 0 Å². The average Bonchev–Trinajstić information content (AvgIpc) is 2.11. The van der Waals surface area contributed by atoms with E-state index in [1.165, 1.54) is 5.57 Å². The Bertz CT molecular complexity index is 139. The lowest BCUT2D eigenvalue weighted by Crippen LogP contribution is -2.07. The van der Waals surface area contributed by atoms with Gasteiger partial charge in [-0.15, -0.1) is 0 Å². The number of nitrogens with one attached hydrogen (secondary N) is 1. The highest BCUT2D eigenvalue weighted by Gasteiger charge is 1.94. The summed E-state index contributed by atoms with van der Waals surface area (Å²) in [5.74, 6) is 0. The zero-order chi connectivity index (χ0) is 11.4. The molecule has 0 saturated heterocycles. The van der Waals surface area contributed by atoms with E-state index in [9.17, 15) is 0 Å². The Morgan fingerprint density at radius 3 is 1.23 bits per heavy atom. The number of allylic oxidation sites excluding steroid dienone is 2. The molecule has 0 aliphatic heterocycles. The molecule has 0 amide bonds. The Labute approximate surface area is 84.9 Å². The number of likely N-dealkylation sites (N-methyl/N-ethyl adjacent to an activating group) is 1. The zero-order valence-electron chi connectivity index (χ0n) is 10.7. The maximum Gasteiger partial charge on any atom is 0.0347 e. The number of hydrogen-bond donors (Lipinski definition) is 1. The van der Waals surface area contributed by atoms with Gasteiger partial charge in [0.1, 0.15) is 0 Å². The van der Waals surface area contributed by atoms with Crippen molar-refractivity contribution < 1.29 is 0 Å². The first kappa shape index (κ1) is 18.1. The van der Waals surface area contributed by atoms with Crippen molar-refractivity contribution in [3.63, 3.8) is 0 Å². The Kier molecular flexibility index (Phi) is 19.3. The minimum absolute atomic E-state index is 1.09. The molecule has 0 spiro atoms. The topological polar surface area (TPSA) is 12.0 Å². The van der Waals surface area contributed by atoms with Crippen LogP contribution in [0.3, 0.4) is 0 Å². The summed E-state index contributed by atoms with van der Waals surface area (Å²) in [6, 6.07) is 0. The fraction of sp³-hybridized carbons (Fsp3) is 0.667. The predicted molar refractivity (Wildman–Crippen MR) is 64.9 cm³/mol. The van der Waals surface area contributed by atoms with E-state index in [1.54, 1.807) is 0 Å². The molecule has 0 unspecified atom stereocenters. The zero-order valence-corrected chi connectivity index (χ0v) is 10.7. The van der Waals surface area contributed by atoms with Crippen LogP contribution in [0.2, 0.25) is 0 Å². The SMILES string of the molecule is C=C(C)C(NC)=C(C)C.CC.CC. The normalized spacial score (nSPS) is 6.77. The Balaban J connectivity index is -0.000000218. The Morgan fingerprint density at radius 1 is 0.923 bits per heavy atom. The highest BCUT2D eigenvalue weighted by molar-refractivity contribution is 5.27. The van der Waals surface area contributed by atoms with Crippen LogP contribution < -0.4 is 5.32 Å². The molecule has 0 bridgehead atoms. The van der Waals surface area contributed by atoms with Crippen LogP contribution in [0.4, 0.5) is 0 Å². The van der Waals surface area contributed by atoms with Crippen LogP contribution in [0.25, 0.3) is 0 Å². The van der Waals surface area contributed by atoms with Gasteiger partial charge in [-0.1, -0.05) is 39.8 Å². The van der Waals surface area contributed by atoms with Gasteiger partial charge in [0.05, 0.1) is 0 Å². The summed E-state index contributed by atoms with van der Waals surface area (Å²) in [6.45, 7) is 18.0. The van der Waals surface area contributed by atoms with Crippen molar-refractivity contribution in [2.45, 2.75) is 48.5 Å². The van der Waals surface area contributed by atoms with Gasteiger partial charge >= 0.3 is 0 Å². The van der Waals surface area contributed by atoms with Gasteiger partial charge in [-0.3, -0.25) is 0 Å². The van der Waals surface area contributed by atoms with Crippen LogP contribution >= 0.6 is 0 Å². The second-order valence-electron chi connectivity index (χ2n) is 2.41. The van der Waals surface area contributed by atoms with Gasteiger partial charge in [-0.2, -0.15) is 0 Å². The maximum absolute atomic E-state index is 3.83. The second-order valence-corrected chi connectivity index (χ2v) is 2.41. The van der Waals surface area contributed by atoms with Gasteiger partial charge in [0.2, 0.25) is 0 Å². The van der Waals surface area contributed by atoms with E-state index in [1.807, 2.05) is 41.7 Å². The van der Waals surface area contributed by atoms with E-state index in [4.69, 9.17) is 0 Å². The van der Waals surface area contributed by atoms with Crippen LogP contribution in [-0.4, -0.2) is 7.05 Å². The van der Waals surface area contributed by atoms with Gasteiger partial charge in [-0.05, 0) is 26.3 Å². The van der Waals surface area contributed by atoms with E-state index in [0.29, 0.717) is 0 Å². The monoisotopic (exact) mass is 185 g/mol.